The van der Waals surface area contributed by atoms with Crippen LogP contribution in [0, 0.1) is 6.92 Å². The van der Waals surface area contributed by atoms with Gasteiger partial charge in [0.1, 0.15) is 6.04 Å². The Hall–Kier alpha value is -3.32. The Labute approximate surface area is 187 Å². The van der Waals surface area contributed by atoms with E-state index in [1.165, 1.54) is 12.0 Å². The average Bonchev–Trinajstić information content (AvgIpc) is 3.28. The second kappa shape index (κ2) is 9.04. The summed E-state index contributed by atoms with van der Waals surface area (Å²) >= 11 is 0. The zero-order valence-corrected chi connectivity index (χ0v) is 18.4. The lowest BCUT2D eigenvalue weighted by Gasteiger charge is -2.33. The Balaban J connectivity index is 1.56. The molecule has 4 aromatic rings. The van der Waals surface area contributed by atoms with E-state index in [2.05, 4.69) is 50.5 Å². The summed E-state index contributed by atoms with van der Waals surface area (Å²) in [6.07, 6.45) is 4.29. The zero-order valence-electron chi connectivity index (χ0n) is 18.4. The standard InChI is InChI=1S/C25H28N6O/c1-18-10-11-22-20(16-18)17-21(25(32)26-22)23(30-13-6-3-7-14-30)24-27-28-29-31(24)15-12-19-8-4-2-5-9-19/h2,4-5,8-11,16-17,23H,3,6-7,12-15H2,1H3,(H,26,32). The maximum absolute atomic E-state index is 13.2. The molecule has 2 aromatic heterocycles. The van der Waals surface area contributed by atoms with Crippen LogP contribution in [-0.4, -0.2) is 43.2 Å². The predicted octanol–water partition coefficient (Wildman–Crippen LogP) is 3.64. The van der Waals surface area contributed by atoms with Gasteiger partial charge in [-0.3, -0.25) is 9.69 Å². The molecule has 1 unspecified atom stereocenters. The van der Waals surface area contributed by atoms with Crippen molar-refractivity contribution in [3.05, 3.63) is 87.5 Å². The zero-order chi connectivity index (χ0) is 21.9. The molecule has 0 amide bonds. The number of H-pyrrole nitrogens is 1. The van der Waals surface area contributed by atoms with Crippen molar-refractivity contribution in [2.24, 2.45) is 0 Å². The van der Waals surface area contributed by atoms with Gasteiger partial charge in [0.05, 0.1) is 0 Å². The maximum Gasteiger partial charge on any atom is 0.253 e. The summed E-state index contributed by atoms with van der Waals surface area (Å²) in [5.74, 6) is 0.736. The van der Waals surface area contributed by atoms with Crippen LogP contribution in [0.5, 0.6) is 0 Å². The second-order valence-electron chi connectivity index (χ2n) is 8.64. The Morgan fingerprint density at radius 3 is 2.66 bits per heavy atom. The van der Waals surface area contributed by atoms with Crippen LogP contribution in [0.2, 0.25) is 0 Å². The highest BCUT2D eigenvalue weighted by atomic mass is 16.1. The van der Waals surface area contributed by atoms with E-state index in [4.69, 9.17) is 0 Å². The van der Waals surface area contributed by atoms with Gasteiger partial charge >= 0.3 is 0 Å². The molecule has 0 spiro atoms. The Morgan fingerprint density at radius 2 is 1.84 bits per heavy atom. The van der Waals surface area contributed by atoms with Crippen molar-refractivity contribution in [3.8, 4) is 0 Å². The van der Waals surface area contributed by atoms with Gasteiger partial charge < -0.3 is 4.98 Å². The molecule has 1 aliphatic rings. The Morgan fingerprint density at radius 1 is 1.03 bits per heavy atom. The summed E-state index contributed by atoms with van der Waals surface area (Å²) < 4.78 is 1.87. The molecule has 32 heavy (non-hydrogen) atoms. The van der Waals surface area contributed by atoms with Gasteiger partial charge in [0.15, 0.2) is 5.82 Å². The maximum atomic E-state index is 13.2. The lowest BCUT2D eigenvalue weighted by molar-refractivity contribution is 0.176. The number of hydrogen-bond donors (Lipinski definition) is 1. The van der Waals surface area contributed by atoms with Gasteiger partial charge in [-0.1, -0.05) is 48.4 Å². The van der Waals surface area contributed by atoms with Crippen molar-refractivity contribution in [1.29, 1.82) is 0 Å². The van der Waals surface area contributed by atoms with Crippen molar-refractivity contribution >= 4 is 10.9 Å². The highest BCUT2D eigenvalue weighted by molar-refractivity contribution is 5.79. The van der Waals surface area contributed by atoms with E-state index in [9.17, 15) is 4.79 Å². The van der Waals surface area contributed by atoms with Gasteiger partial charge in [0.2, 0.25) is 0 Å². The molecule has 0 radical (unpaired) electrons. The van der Waals surface area contributed by atoms with E-state index in [1.54, 1.807) is 0 Å². The van der Waals surface area contributed by atoms with Crippen LogP contribution in [0.1, 0.15) is 47.8 Å². The molecule has 2 aromatic carbocycles. The molecule has 164 valence electrons. The molecular weight excluding hydrogens is 400 g/mol. The molecule has 1 saturated heterocycles. The number of aryl methyl sites for hydroxylation is 3. The van der Waals surface area contributed by atoms with Crippen molar-refractivity contribution < 1.29 is 0 Å². The lowest BCUT2D eigenvalue weighted by atomic mass is 10.00. The van der Waals surface area contributed by atoms with Gasteiger partial charge in [-0.05, 0) is 78.9 Å². The largest absolute Gasteiger partial charge is 0.322 e. The topological polar surface area (TPSA) is 79.7 Å². The number of aromatic amines is 1. The summed E-state index contributed by atoms with van der Waals surface area (Å²) in [6.45, 7) is 4.60. The number of pyridine rings is 1. The Kier molecular flexibility index (Phi) is 5.81. The fourth-order valence-electron chi connectivity index (χ4n) is 4.67. The first-order valence-corrected chi connectivity index (χ1v) is 11.4. The van der Waals surface area contributed by atoms with Crippen LogP contribution in [0.3, 0.4) is 0 Å². The number of nitrogens with zero attached hydrogens (tertiary/aromatic N) is 5. The molecule has 1 atom stereocenters. The molecule has 3 heterocycles. The Bertz CT molecular complexity index is 1260. The summed E-state index contributed by atoms with van der Waals surface area (Å²) in [4.78, 5) is 18.7. The normalized spacial score (nSPS) is 15.8. The number of fused-ring (bicyclic) bond motifs is 1. The van der Waals surface area contributed by atoms with Gasteiger partial charge in [-0.15, -0.1) is 5.10 Å². The number of piperidine rings is 1. The number of benzene rings is 2. The van der Waals surface area contributed by atoms with E-state index < -0.39 is 0 Å². The quantitative estimate of drug-likeness (QED) is 0.507. The van der Waals surface area contributed by atoms with Crippen LogP contribution in [0.25, 0.3) is 10.9 Å². The first-order valence-electron chi connectivity index (χ1n) is 11.4. The predicted molar refractivity (Wildman–Crippen MR) is 125 cm³/mol. The minimum atomic E-state index is -0.269. The summed E-state index contributed by atoms with van der Waals surface area (Å²) in [5.41, 5.74) is 3.89. The van der Waals surface area contributed by atoms with Crippen LogP contribution >= 0.6 is 0 Å². The molecule has 5 rings (SSSR count). The SMILES string of the molecule is Cc1ccc2[nH]c(=O)c(C(c3nnnn3CCc3ccccc3)N3CCCCC3)cc2c1. The van der Waals surface area contributed by atoms with Gasteiger partial charge in [-0.25, -0.2) is 4.68 Å². The third-order valence-corrected chi connectivity index (χ3v) is 6.34. The molecule has 1 aliphatic heterocycles. The summed E-state index contributed by atoms with van der Waals surface area (Å²) in [7, 11) is 0. The first kappa shape index (κ1) is 20.6. The average molecular weight is 429 g/mol. The molecule has 1 N–H and O–H groups in total. The number of likely N-dealkylation sites (tertiary alicyclic amines) is 1. The summed E-state index contributed by atoms with van der Waals surface area (Å²) in [6, 6.07) is 18.2. The molecule has 7 nitrogen and oxygen atoms in total. The number of nitrogens with one attached hydrogen (secondary N) is 1. The molecule has 7 heteroatoms. The molecular formula is C25H28N6O. The van der Waals surface area contributed by atoms with Crippen LogP contribution < -0.4 is 5.56 Å². The number of rotatable bonds is 6. The van der Waals surface area contributed by atoms with Gasteiger partial charge in [0.25, 0.3) is 5.56 Å². The lowest BCUT2D eigenvalue weighted by Crippen LogP contribution is -2.38. The first-order chi connectivity index (χ1) is 15.7. The molecule has 0 saturated carbocycles. The van der Waals surface area contributed by atoms with Crippen LogP contribution in [-0.2, 0) is 13.0 Å². The van der Waals surface area contributed by atoms with E-state index in [1.807, 2.05) is 41.1 Å². The second-order valence-corrected chi connectivity index (χ2v) is 8.64. The molecule has 0 bridgehead atoms. The van der Waals surface area contributed by atoms with Crippen molar-refractivity contribution in [2.45, 2.75) is 45.2 Å². The fraction of sp³-hybridized carbons (Fsp3) is 0.360. The van der Waals surface area contributed by atoms with Crippen LogP contribution in [0.15, 0.2) is 59.4 Å². The minimum absolute atomic E-state index is 0.0745. The third-order valence-electron chi connectivity index (χ3n) is 6.34. The van der Waals surface area contributed by atoms with Gasteiger partial charge in [-0.2, -0.15) is 0 Å². The van der Waals surface area contributed by atoms with Crippen molar-refractivity contribution in [2.75, 3.05) is 13.1 Å². The highest BCUT2D eigenvalue weighted by Crippen LogP contribution is 2.29. The van der Waals surface area contributed by atoms with E-state index in [0.717, 1.165) is 54.6 Å². The number of tetrazole rings is 1. The van der Waals surface area contributed by atoms with E-state index >= 15 is 0 Å². The van der Waals surface area contributed by atoms with Crippen molar-refractivity contribution in [1.82, 2.24) is 30.1 Å². The molecule has 1 fully saturated rings. The van der Waals surface area contributed by atoms with Crippen molar-refractivity contribution in [3.63, 3.8) is 0 Å². The third kappa shape index (κ3) is 4.21. The highest BCUT2D eigenvalue weighted by Gasteiger charge is 2.31. The van der Waals surface area contributed by atoms with Crippen LogP contribution in [0.4, 0.5) is 0 Å². The molecule has 0 aliphatic carbocycles. The monoisotopic (exact) mass is 428 g/mol. The number of aromatic nitrogens is 5. The van der Waals surface area contributed by atoms with E-state index in [-0.39, 0.29) is 11.6 Å². The minimum Gasteiger partial charge on any atom is -0.322 e. The fourth-order valence-corrected chi connectivity index (χ4v) is 4.67. The smallest absolute Gasteiger partial charge is 0.253 e. The summed E-state index contributed by atoms with van der Waals surface area (Å²) in [5, 5.41) is 13.8. The van der Waals surface area contributed by atoms with E-state index in [0.29, 0.717) is 12.1 Å². The van der Waals surface area contributed by atoms with Gasteiger partial charge in [0, 0.05) is 17.6 Å². The number of hydrogen-bond acceptors (Lipinski definition) is 5.